The number of hydrogen-bond acceptors (Lipinski definition) is 5. The van der Waals surface area contributed by atoms with Gasteiger partial charge in [0.1, 0.15) is 0 Å². The van der Waals surface area contributed by atoms with Crippen molar-refractivity contribution in [3.05, 3.63) is 42.2 Å². The number of rotatable bonds is 3. The van der Waals surface area contributed by atoms with E-state index in [4.69, 9.17) is 5.73 Å². The zero-order valence-electron chi connectivity index (χ0n) is 13.5. The fourth-order valence-electron chi connectivity index (χ4n) is 3.71. The zero-order chi connectivity index (χ0) is 16.5. The molecule has 3 N–H and O–H groups in total. The van der Waals surface area contributed by atoms with E-state index >= 15 is 0 Å². The Hall–Kier alpha value is -2.47. The average molecular weight is 323 g/mol. The van der Waals surface area contributed by atoms with Crippen molar-refractivity contribution in [1.82, 2.24) is 20.2 Å². The van der Waals surface area contributed by atoms with E-state index in [2.05, 4.69) is 20.2 Å². The third-order valence-electron chi connectivity index (χ3n) is 5.10. The quantitative estimate of drug-likeness (QED) is 0.895. The van der Waals surface area contributed by atoms with Crippen LogP contribution in [-0.4, -0.2) is 46.5 Å². The van der Waals surface area contributed by atoms with Crippen LogP contribution in [0, 0.1) is 5.92 Å². The molecular formula is C18H21N5O. The van der Waals surface area contributed by atoms with E-state index in [1.165, 1.54) is 25.9 Å². The summed E-state index contributed by atoms with van der Waals surface area (Å²) in [5, 5.41) is 3.22. The van der Waals surface area contributed by atoms with Gasteiger partial charge in [0, 0.05) is 36.1 Å². The summed E-state index contributed by atoms with van der Waals surface area (Å²) in [6, 6.07) is 7.82. The largest absolute Gasteiger partial charge is 0.368 e. The van der Waals surface area contributed by atoms with Gasteiger partial charge in [-0.25, -0.2) is 9.97 Å². The molecule has 6 heteroatoms. The van der Waals surface area contributed by atoms with E-state index in [9.17, 15) is 4.79 Å². The van der Waals surface area contributed by atoms with Crippen molar-refractivity contribution in [3.63, 3.8) is 0 Å². The lowest BCUT2D eigenvalue weighted by Crippen LogP contribution is -2.57. The number of nitrogens with one attached hydrogen (secondary N) is 1. The Morgan fingerprint density at radius 2 is 1.92 bits per heavy atom. The molecule has 0 unspecified atom stereocenters. The molecule has 3 aliphatic rings. The molecule has 1 aromatic carbocycles. The molecule has 1 amide bonds. The topological polar surface area (TPSA) is 84.1 Å². The first-order chi connectivity index (χ1) is 11.7. The number of carbonyl (C=O) groups is 1. The highest BCUT2D eigenvalue weighted by Crippen LogP contribution is 2.28. The highest BCUT2D eigenvalue weighted by atomic mass is 16.1. The van der Waals surface area contributed by atoms with Crippen molar-refractivity contribution >= 4 is 11.9 Å². The van der Waals surface area contributed by atoms with Gasteiger partial charge in [0.05, 0.1) is 0 Å². The Kier molecular flexibility index (Phi) is 3.90. The van der Waals surface area contributed by atoms with Gasteiger partial charge in [0.2, 0.25) is 5.95 Å². The Bertz CT molecular complexity index is 737. The van der Waals surface area contributed by atoms with Crippen LogP contribution in [0.2, 0.25) is 0 Å². The van der Waals surface area contributed by atoms with Crippen molar-refractivity contribution in [2.75, 3.05) is 25.4 Å². The molecule has 0 aliphatic carbocycles. The van der Waals surface area contributed by atoms with Gasteiger partial charge in [0.25, 0.3) is 5.91 Å². The summed E-state index contributed by atoms with van der Waals surface area (Å²) >= 11 is 0. The monoisotopic (exact) mass is 323 g/mol. The molecular weight excluding hydrogens is 302 g/mol. The molecule has 3 aliphatic heterocycles. The number of carbonyl (C=O) groups excluding carboxylic acids is 1. The second kappa shape index (κ2) is 6.20. The molecule has 0 spiro atoms. The van der Waals surface area contributed by atoms with Crippen LogP contribution >= 0.6 is 0 Å². The summed E-state index contributed by atoms with van der Waals surface area (Å²) in [6.07, 6.45) is 5.72. The molecule has 124 valence electrons. The lowest BCUT2D eigenvalue weighted by molar-refractivity contribution is 0.0620. The van der Waals surface area contributed by atoms with E-state index in [0.717, 1.165) is 17.7 Å². The third-order valence-corrected chi connectivity index (χ3v) is 5.10. The van der Waals surface area contributed by atoms with Gasteiger partial charge in [-0.05, 0) is 49.5 Å². The fourth-order valence-corrected chi connectivity index (χ4v) is 3.71. The maximum atomic E-state index is 12.6. The Labute approximate surface area is 141 Å². The normalized spacial score (nSPS) is 25.4. The molecule has 24 heavy (non-hydrogen) atoms. The molecule has 1 aromatic heterocycles. The summed E-state index contributed by atoms with van der Waals surface area (Å²) < 4.78 is 0. The number of nitrogens with zero attached hydrogens (tertiary/aromatic N) is 3. The Morgan fingerprint density at radius 1 is 1.17 bits per heavy atom. The van der Waals surface area contributed by atoms with Gasteiger partial charge in [-0.3, -0.25) is 4.79 Å². The fraction of sp³-hybridized carbons (Fsp3) is 0.389. The minimum Gasteiger partial charge on any atom is -0.368 e. The molecule has 0 saturated carbocycles. The number of anilines is 1. The van der Waals surface area contributed by atoms with Crippen LogP contribution in [0.3, 0.4) is 0 Å². The highest BCUT2D eigenvalue weighted by molar-refractivity contribution is 5.95. The smallest absolute Gasteiger partial charge is 0.251 e. The minimum atomic E-state index is -0.00744. The number of amides is 1. The van der Waals surface area contributed by atoms with E-state index in [1.807, 2.05) is 24.3 Å². The van der Waals surface area contributed by atoms with Gasteiger partial charge >= 0.3 is 0 Å². The number of benzene rings is 1. The van der Waals surface area contributed by atoms with E-state index < -0.39 is 0 Å². The zero-order valence-corrected chi connectivity index (χ0v) is 13.5. The predicted molar refractivity (Wildman–Crippen MR) is 92.3 cm³/mol. The summed E-state index contributed by atoms with van der Waals surface area (Å²) in [4.78, 5) is 23.1. The Balaban J connectivity index is 1.50. The van der Waals surface area contributed by atoms with E-state index in [0.29, 0.717) is 11.5 Å². The van der Waals surface area contributed by atoms with Crippen LogP contribution < -0.4 is 11.1 Å². The second-order valence-corrected chi connectivity index (χ2v) is 6.63. The van der Waals surface area contributed by atoms with Crippen LogP contribution in [0.5, 0.6) is 0 Å². The van der Waals surface area contributed by atoms with Gasteiger partial charge < -0.3 is 16.0 Å². The molecule has 2 bridgehead atoms. The SMILES string of the molecule is Nc1ncc(-c2cccc(C(=O)N[C@@H]3CN4CCC3CC4)c2)cn1. The summed E-state index contributed by atoms with van der Waals surface area (Å²) in [5.41, 5.74) is 7.96. The molecule has 2 aromatic rings. The van der Waals surface area contributed by atoms with Crippen LogP contribution in [0.4, 0.5) is 5.95 Å². The van der Waals surface area contributed by atoms with Gasteiger partial charge in [-0.2, -0.15) is 0 Å². The first-order valence-electron chi connectivity index (χ1n) is 8.40. The van der Waals surface area contributed by atoms with E-state index in [1.54, 1.807) is 12.4 Å². The van der Waals surface area contributed by atoms with E-state index in [-0.39, 0.29) is 17.9 Å². The van der Waals surface area contributed by atoms with Crippen molar-refractivity contribution in [3.8, 4) is 11.1 Å². The van der Waals surface area contributed by atoms with Gasteiger partial charge in [-0.1, -0.05) is 12.1 Å². The second-order valence-electron chi connectivity index (χ2n) is 6.63. The number of nitrogen functional groups attached to an aromatic ring is 1. The molecule has 3 fully saturated rings. The molecule has 4 heterocycles. The first kappa shape index (κ1) is 15.1. The first-order valence-corrected chi connectivity index (χ1v) is 8.40. The average Bonchev–Trinajstić information content (AvgIpc) is 2.63. The maximum absolute atomic E-state index is 12.6. The molecule has 3 saturated heterocycles. The number of piperidine rings is 3. The number of nitrogens with two attached hydrogens (primary N) is 1. The van der Waals surface area contributed by atoms with Crippen LogP contribution in [-0.2, 0) is 0 Å². The van der Waals surface area contributed by atoms with Crippen molar-refractivity contribution in [2.45, 2.75) is 18.9 Å². The highest BCUT2D eigenvalue weighted by Gasteiger charge is 2.34. The summed E-state index contributed by atoms with van der Waals surface area (Å²) in [6.45, 7) is 3.31. The molecule has 6 nitrogen and oxygen atoms in total. The predicted octanol–water partition coefficient (Wildman–Crippen LogP) is 1.55. The summed E-state index contributed by atoms with van der Waals surface area (Å²) in [7, 11) is 0. The van der Waals surface area contributed by atoms with Crippen molar-refractivity contribution in [2.24, 2.45) is 5.92 Å². The van der Waals surface area contributed by atoms with Crippen LogP contribution in [0.1, 0.15) is 23.2 Å². The van der Waals surface area contributed by atoms with Crippen molar-refractivity contribution in [1.29, 1.82) is 0 Å². The standard InChI is InChI=1S/C18H21N5O/c19-18-20-9-15(10-21-18)13-2-1-3-14(8-13)17(24)22-16-11-23-6-4-12(16)5-7-23/h1-3,8-10,12,16H,4-7,11H2,(H,22,24)(H2,19,20,21)/t16-/m1/s1. The maximum Gasteiger partial charge on any atom is 0.251 e. The van der Waals surface area contributed by atoms with Gasteiger partial charge in [-0.15, -0.1) is 0 Å². The Morgan fingerprint density at radius 3 is 2.58 bits per heavy atom. The molecule has 1 atom stereocenters. The number of fused-ring (bicyclic) bond motifs is 3. The lowest BCUT2D eigenvalue weighted by Gasteiger charge is -2.44. The van der Waals surface area contributed by atoms with Crippen LogP contribution in [0.25, 0.3) is 11.1 Å². The van der Waals surface area contributed by atoms with Crippen LogP contribution in [0.15, 0.2) is 36.7 Å². The number of hydrogen-bond donors (Lipinski definition) is 2. The minimum absolute atomic E-state index is 0.00744. The summed E-state index contributed by atoms with van der Waals surface area (Å²) in [5.74, 6) is 0.856. The van der Waals surface area contributed by atoms with Gasteiger partial charge in [0.15, 0.2) is 0 Å². The third kappa shape index (κ3) is 2.97. The molecule has 0 radical (unpaired) electrons. The number of aromatic nitrogens is 2. The van der Waals surface area contributed by atoms with Crippen molar-refractivity contribution < 1.29 is 4.79 Å². The molecule has 5 rings (SSSR count). The lowest BCUT2D eigenvalue weighted by atomic mass is 9.84.